The molecule has 10 heteroatoms. The lowest BCUT2D eigenvalue weighted by Crippen LogP contribution is -2.46. The van der Waals surface area contributed by atoms with Crippen LogP contribution in [0.5, 0.6) is 0 Å². The van der Waals surface area contributed by atoms with Crippen molar-refractivity contribution in [3.8, 4) is 0 Å². The van der Waals surface area contributed by atoms with Crippen molar-refractivity contribution in [1.29, 1.82) is 0 Å². The van der Waals surface area contributed by atoms with Gasteiger partial charge in [0.1, 0.15) is 13.1 Å². The first-order valence-corrected chi connectivity index (χ1v) is 5.03. The highest BCUT2D eigenvalue weighted by molar-refractivity contribution is 5.84. The molecule has 0 aliphatic carbocycles. The summed E-state index contributed by atoms with van der Waals surface area (Å²) in [6, 6.07) is -1.09. The van der Waals surface area contributed by atoms with Gasteiger partial charge in [0.2, 0.25) is 0 Å². The molecule has 0 aromatic heterocycles. The molecule has 0 aliphatic rings. The third-order valence-electron chi connectivity index (χ3n) is 1.98. The van der Waals surface area contributed by atoms with E-state index in [2.05, 4.69) is 0 Å². The van der Waals surface area contributed by atoms with Gasteiger partial charge in [0.25, 0.3) is 0 Å². The molecule has 0 spiro atoms. The molecule has 0 radical (unpaired) electrons. The fourth-order valence-electron chi connectivity index (χ4n) is 1.15. The van der Waals surface area contributed by atoms with Gasteiger partial charge in [-0.3, -0.25) is 9.59 Å². The van der Waals surface area contributed by atoms with E-state index in [1.807, 2.05) is 0 Å². The standard InChI is InChI=1S/C9H13F3N2O5/c1-13(3-2-9(10,11)12)8(19)14(4-6(15)16)5-7(17)18/h2-5H2,1H3,(H,15,16)(H,17,18). The molecule has 2 N–H and O–H groups in total. The van der Waals surface area contributed by atoms with Crippen molar-refractivity contribution in [2.24, 2.45) is 0 Å². The third kappa shape index (κ3) is 7.84. The van der Waals surface area contributed by atoms with Crippen LogP contribution in [0.15, 0.2) is 0 Å². The van der Waals surface area contributed by atoms with Crippen LogP contribution in [0.1, 0.15) is 6.42 Å². The van der Waals surface area contributed by atoms with E-state index in [1.54, 1.807) is 0 Å². The Morgan fingerprint density at radius 2 is 1.47 bits per heavy atom. The number of aliphatic carboxylic acids is 2. The van der Waals surface area contributed by atoms with Crippen molar-refractivity contribution in [3.63, 3.8) is 0 Å². The Labute approximate surface area is 106 Å². The zero-order valence-corrected chi connectivity index (χ0v) is 9.98. The molecule has 0 atom stereocenters. The highest BCUT2D eigenvalue weighted by atomic mass is 19.4. The summed E-state index contributed by atoms with van der Waals surface area (Å²) in [5.41, 5.74) is 0. The van der Waals surface area contributed by atoms with Crippen molar-refractivity contribution in [3.05, 3.63) is 0 Å². The Balaban J connectivity index is 4.60. The van der Waals surface area contributed by atoms with E-state index in [4.69, 9.17) is 10.2 Å². The third-order valence-corrected chi connectivity index (χ3v) is 1.98. The Hall–Kier alpha value is -2.00. The number of urea groups is 1. The minimum atomic E-state index is -4.46. The van der Waals surface area contributed by atoms with Crippen LogP contribution in [-0.4, -0.2) is 70.8 Å². The van der Waals surface area contributed by atoms with E-state index in [-0.39, 0.29) is 0 Å². The maximum Gasteiger partial charge on any atom is 0.390 e. The summed E-state index contributed by atoms with van der Waals surface area (Å²) in [4.78, 5) is 33.5. The Morgan fingerprint density at radius 3 is 1.79 bits per heavy atom. The summed E-state index contributed by atoms with van der Waals surface area (Å²) in [6.45, 7) is -2.49. The zero-order valence-electron chi connectivity index (χ0n) is 9.98. The molecule has 0 unspecified atom stereocenters. The first-order chi connectivity index (χ1) is 8.53. The van der Waals surface area contributed by atoms with Crippen LogP contribution in [0.4, 0.5) is 18.0 Å². The van der Waals surface area contributed by atoms with Gasteiger partial charge in [0.05, 0.1) is 6.42 Å². The van der Waals surface area contributed by atoms with Crippen molar-refractivity contribution < 1.29 is 37.8 Å². The molecule has 0 aromatic carbocycles. The number of amides is 2. The number of rotatable bonds is 6. The highest BCUT2D eigenvalue weighted by Gasteiger charge is 2.29. The monoisotopic (exact) mass is 286 g/mol. The smallest absolute Gasteiger partial charge is 0.390 e. The normalized spacial score (nSPS) is 10.9. The molecular formula is C9H13F3N2O5. The highest BCUT2D eigenvalue weighted by Crippen LogP contribution is 2.19. The van der Waals surface area contributed by atoms with Crippen LogP contribution in [0.3, 0.4) is 0 Å². The number of hydrogen-bond acceptors (Lipinski definition) is 3. The van der Waals surface area contributed by atoms with Gasteiger partial charge in [-0.2, -0.15) is 13.2 Å². The first-order valence-electron chi connectivity index (χ1n) is 5.03. The average Bonchev–Trinajstić information content (AvgIpc) is 2.21. The van der Waals surface area contributed by atoms with Gasteiger partial charge in [-0.05, 0) is 0 Å². The molecule has 19 heavy (non-hydrogen) atoms. The molecule has 2 amide bonds. The van der Waals surface area contributed by atoms with Gasteiger partial charge in [-0.25, -0.2) is 4.79 Å². The number of carbonyl (C=O) groups is 3. The number of halogens is 3. The molecule has 0 aliphatic heterocycles. The Morgan fingerprint density at radius 1 is 1.05 bits per heavy atom. The average molecular weight is 286 g/mol. The number of nitrogens with zero attached hydrogens (tertiary/aromatic N) is 2. The molecule has 7 nitrogen and oxygen atoms in total. The van der Waals surface area contributed by atoms with E-state index in [9.17, 15) is 27.6 Å². The summed E-state index contributed by atoms with van der Waals surface area (Å²) in [5, 5.41) is 17.0. The summed E-state index contributed by atoms with van der Waals surface area (Å²) >= 11 is 0. The van der Waals surface area contributed by atoms with E-state index < -0.39 is 50.2 Å². The largest absolute Gasteiger partial charge is 0.480 e. The SMILES string of the molecule is CN(CCC(F)(F)F)C(=O)N(CC(=O)O)CC(=O)O. The number of carboxylic acids is 2. The van der Waals surface area contributed by atoms with Crippen molar-refractivity contribution >= 4 is 18.0 Å². The molecule has 0 saturated heterocycles. The van der Waals surface area contributed by atoms with Crippen LogP contribution in [-0.2, 0) is 9.59 Å². The number of alkyl halides is 3. The molecule has 0 aromatic rings. The van der Waals surface area contributed by atoms with E-state index >= 15 is 0 Å². The predicted molar refractivity (Wildman–Crippen MR) is 55.5 cm³/mol. The van der Waals surface area contributed by atoms with Crippen LogP contribution in [0.25, 0.3) is 0 Å². The van der Waals surface area contributed by atoms with Crippen LogP contribution in [0.2, 0.25) is 0 Å². The van der Waals surface area contributed by atoms with Gasteiger partial charge in [0.15, 0.2) is 0 Å². The number of carboxylic acid groups (broad SMARTS) is 2. The molecular weight excluding hydrogens is 273 g/mol. The summed E-state index contributed by atoms with van der Waals surface area (Å²) in [7, 11) is 1.03. The van der Waals surface area contributed by atoms with Crippen molar-refractivity contribution in [2.45, 2.75) is 12.6 Å². The maximum absolute atomic E-state index is 12.0. The van der Waals surface area contributed by atoms with Gasteiger partial charge < -0.3 is 20.0 Å². The van der Waals surface area contributed by atoms with E-state index in [1.165, 1.54) is 0 Å². The Kier molecular flexibility index (Phi) is 6.09. The molecule has 0 rings (SSSR count). The fraction of sp³-hybridized carbons (Fsp3) is 0.667. The lowest BCUT2D eigenvalue weighted by Gasteiger charge is -2.26. The molecule has 110 valence electrons. The van der Waals surface area contributed by atoms with Crippen molar-refractivity contribution in [1.82, 2.24) is 9.80 Å². The second kappa shape index (κ2) is 6.81. The van der Waals surface area contributed by atoms with Gasteiger partial charge >= 0.3 is 24.1 Å². The van der Waals surface area contributed by atoms with Crippen LogP contribution in [0, 0.1) is 0 Å². The lowest BCUT2D eigenvalue weighted by molar-refractivity contribution is -0.142. The molecule has 0 bridgehead atoms. The second-order valence-electron chi connectivity index (χ2n) is 3.71. The molecule has 0 saturated carbocycles. The number of carbonyl (C=O) groups excluding carboxylic acids is 1. The number of hydrogen-bond donors (Lipinski definition) is 2. The second-order valence-corrected chi connectivity index (χ2v) is 3.71. The van der Waals surface area contributed by atoms with E-state index in [0.29, 0.717) is 9.80 Å². The van der Waals surface area contributed by atoms with Gasteiger partial charge in [-0.15, -0.1) is 0 Å². The van der Waals surface area contributed by atoms with Crippen LogP contribution >= 0.6 is 0 Å². The zero-order chi connectivity index (χ0) is 15.2. The van der Waals surface area contributed by atoms with E-state index in [0.717, 1.165) is 7.05 Å². The fourth-order valence-corrected chi connectivity index (χ4v) is 1.15. The van der Waals surface area contributed by atoms with Crippen LogP contribution < -0.4 is 0 Å². The predicted octanol–water partition coefficient (Wildman–Crippen LogP) is 0.462. The minimum Gasteiger partial charge on any atom is -0.480 e. The first kappa shape index (κ1) is 17.0. The summed E-state index contributed by atoms with van der Waals surface area (Å²) in [6.07, 6.45) is -5.72. The molecule has 0 heterocycles. The lowest BCUT2D eigenvalue weighted by atomic mass is 10.4. The van der Waals surface area contributed by atoms with Crippen molar-refractivity contribution in [2.75, 3.05) is 26.7 Å². The summed E-state index contributed by atoms with van der Waals surface area (Å²) in [5.74, 6) is -2.92. The van der Waals surface area contributed by atoms with Gasteiger partial charge in [-0.1, -0.05) is 0 Å². The molecule has 0 fully saturated rings. The maximum atomic E-state index is 12.0. The minimum absolute atomic E-state index is 0.432. The Bertz CT molecular complexity index is 342. The van der Waals surface area contributed by atoms with Gasteiger partial charge in [0, 0.05) is 13.6 Å². The summed E-state index contributed by atoms with van der Waals surface area (Å²) < 4.78 is 35.9. The topological polar surface area (TPSA) is 98.2 Å². The quantitative estimate of drug-likeness (QED) is 0.739.